The van der Waals surface area contributed by atoms with Gasteiger partial charge in [0.05, 0.1) is 11.3 Å². The Labute approximate surface area is 89.6 Å². The van der Waals surface area contributed by atoms with Gasteiger partial charge in [0.25, 0.3) is 5.91 Å². The summed E-state index contributed by atoms with van der Waals surface area (Å²) in [6, 6.07) is 6.00. The van der Waals surface area contributed by atoms with Crippen molar-refractivity contribution in [3.63, 3.8) is 0 Å². The van der Waals surface area contributed by atoms with E-state index in [4.69, 9.17) is 5.84 Å². The van der Waals surface area contributed by atoms with Gasteiger partial charge in [-0.25, -0.2) is 0 Å². The minimum Gasteiger partial charge on any atom is -0.343 e. The molecule has 4 N–H and O–H groups in total. The molecule has 1 rings (SSSR count). The van der Waals surface area contributed by atoms with Crippen molar-refractivity contribution in [2.24, 2.45) is 5.84 Å². The lowest BCUT2D eigenvalue weighted by Crippen LogP contribution is -2.34. The van der Waals surface area contributed by atoms with Gasteiger partial charge >= 0.3 is 6.18 Å². The normalized spacial score (nSPS) is 11.0. The highest BCUT2D eigenvalue weighted by Gasteiger charge is 2.28. The van der Waals surface area contributed by atoms with Gasteiger partial charge in [-0.15, -0.1) is 0 Å². The monoisotopic (exact) mass is 233 g/mol. The first-order chi connectivity index (χ1) is 7.44. The molecule has 0 aliphatic carbocycles. The first-order valence-electron chi connectivity index (χ1n) is 4.34. The molecule has 0 atom stereocenters. The lowest BCUT2D eigenvalue weighted by atomic mass is 10.1. The summed E-state index contributed by atoms with van der Waals surface area (Å²) in [7, 11) is 0. The van der Waals surface area contributed by atoms with Crippen molar-refractivity contribution in [2.75, 3.05) is 12.0 Å². The molecule has 4 nitrogen and oxygen atoms in total. The third-order valence-electron chi connectivity index (χ3n) is 1.78. The number of nitrogen functional groups attached to an aromatic ring is 1. The maximum absolute atomic E-state index is 11.9. The topological polar surface area (TPSA) is 67.1 Å². The third-order valence-corrected chi connectivity index (χ3v) is 1.78. The van der Waals surface area contributed by atoms with E-state index in [0.29, 0.717) is 0 Å². The third kappa shape index (κ3) is 3.43. The number of para-hydroxylation sites is 1. The predicted molar refractivity (Wildman–Crippen MR) is 52.6 cm³/mol. The van der Waals surface area contributed by atoms with Crippen LogP contribution in [0.2, 0.25) is 0 Å². The van der Waals surface area contributed by atoms with E-state index in [1.807, 2.05) is 0 Å². The summed E-state index contributed by atoms with van der Waals surface area (Å²) in [5, 5.41) is 1.75. The number of carbonyl (C=O) groups excluding carboxylic acids is 1. The number of nitrogens with two attached hydrogens (primary N) is 1. The largest absolute Gasteiger partial charge is 0.405 e. The smallest absolute Gasteiger partial charge is 0.343 e. The van der Waals surface area contributed by atoms with Gasteiger partial charge in [0.15, 0.2) is 0 Å². The Hall–Kier alpha value is -1.76. The van der Waals surface area contributed by atoms with E-state index in [1.165, 1.54) is 18.2 Å². The fourth-order valence-electron chi connectivity index (χ4n) is 1.08. The quantitative estimate of drug-likeness (QED) is 0.544. The van der Waals surface area contributed by atoms with Crippen molar-refractivity contribution in [1.82, 2.24) is 5.32 Å². The van der Waals surface area contributed by atoms with Gasteiger partial charge in [-0.3, -0.25) is 10.6 Å². The number of hydrazine groups is 1. The molecule has 0 unspecified atom stereocenters. The molecule has 0 aliphatic heterocycles. The van der Waals surface area contributed by atoms with Crippen LogP contribution in [0, 0.1) is 0 Å². The molecule has 0 heterocycles. The molecule has 0 radical (unpaired) electrons. The van der Waals surface area contributed by atoms with Crippen LogP contribution in [0.25, 0.3) is 0 Å². The highest BCUT2D eigenvalue weighted by Crippen LogP contribution is 2.15. The molecule has 0 bridgehead atoms. The molecule has 1 amide bonds. The molecule has 7 heteroatoms. The van der Waals surface area contributed by atoms with Crippen molar-refractivity contribution in [2.45, 2.75) is 6.18 Å². The molecule has 0 fully saturated rings. The summed E-state index contributed by atoms with van der Waals surface area (Å²) in [5.41, 5.74) is 2.56. The van der Waals surface area contributed by atoms with Crippen LogP contribution in [0.15, 0.2) is 24.3 Å². The van der Waals surface area contributed by atoms with Gasteiger partial charge in [-0.2, -0.15) is 13.2 Å². The van der Waals surface area contributed by atoms with E-state index in [2.05, 4.69) is 5.43 Å². The molecule has 1 aromatic carbocycles. The zero-order chi connectivity index (χ0) is 12.2. The lowest BCUT2D eigenvalue weighted by Gasteiger charge is -2.10. The standard InChI is InChI=1S/C9H10F3N3O/c10-9(11,12)5-14-8(16)6-3-1-2-4-7(6)15-13/h1-4,15H,5,13H2,(H,14,16). The highest BCUT2D eigenvalue weighted by atomic mass is 19.4. The van der Waals surface area contributed by atoms with Gasteiger partial charge in [0, 0.05) is 0 Å². The van der Waals surface area contributed by atoms with E-state index >= 15 is 0 Å². The van der Waals surface area contributed by atoms with Crippen LogP contribution in [0.1, 0.15) is 10.4 Å². The summed E-state index contributed by atoms with van der Waals surface area (Å²) >= 11 is 0. The number of alkyl halides is 3. The maximum Gasteiger partial charge on any atom is 0.405 e. The number of rotatable bonds is 3. The Morgan fingerprint density at radius 2 is 1.94 bits per heavy atom. The Morgan fingerprint density at radius 3 is 2.50 bits per heavy atom. The van der Waals surface area contributed by atoms with E-state index in [-0.39, 0.29) is 11.3 Å². The van der Waals surface area contributed by atoms with Crippen LogP contribution in [0.4, 0.5) is 18.9 Å². The molecule has 1 aromatic rings. The number of benzene rings is 1. The van der Waals surface area contributed by atoms with Gasteiger partial charge < -0.3 is 10.7 Å². The number of nitrogens with one attached hydrogen (secondary N) is 2. The van der Waals surface area contributed by atoms with Crippen LogP contribution in [0.5, 0.6) is 0 Å². The second-order valence-electron chi connectivity index (χ2n) is 2.99. The summed E-state index contributed by atoms with van der Waals surface area (Å²) in [6.07, 6.45) is -4.43. The number of carbonyl (C=O) groups is 1. The van der Waals surface area contributed by atoms with E-state index in [9.17, 15) is 18.0 Å². The van der Waals surface area contributed by atoms with Crippen LogP contribution < -0.4 is 16.6 Å². The zero-order valence-electron chi connectivity index (χ0n) is 8.14. The summed E-state index contributed by atoms with van der Waals surface area (Å²) in [5.74, 6) is 4.29. The van der Waals surface area contributed by atoms with E-state index in [1.54, 1.807) is 11.4 Å². The molecule has 0 aromatic heterocycles. The predicted octanol–water partition coefficient (Wildman–Crippen LogP) is 1.26. The summed E-state index contributed by atoms with van der Waals surface area (Å²) < 4.78 is 35.6. The second-order valence-corrected chi connectivity index (χ2v) is 2.99. The Morgan fingerprint density at radius 1 is 1.31 bits per heavy atom. The van der Waals surface area contributed by atoms with Crippen LogP contribution in [-0.4, -0.2) is 18.6 Å². The fourth-order valence-corrected chi connectivity index (χ4v) is 1.08. The lowest BCUT2D eigenvalue weighted by molar-refractivity contribution is -0.123. The number of hydrogen-bond acceptors (Lipinski definition) is 3. The van der Waals surface area contributed by atoms with Crippen LogP contribution >= 0.6 is 0 Å². The molecular weight excluding hydrogens is 223 g/mol. The van der Waals surface area contributed by atoms with Gasteiger partial charge in [-0.1, -0.05) is 12.1 Å². The van der Waals surface area contributed by atoms with E-state index in [0.717, 1.165) is 0 Å². The average Bonchev–Trinajstić information content (AvgIpc) is 2.25. The van der Waals surface area contributed by atoms with Crippen molar-refractivity contribution in [3.8, 4) is 0 Å². The average molecular weight is 233 g/mol. The Kier molecular flexibility index (Phi) is 3.73. The molecule has 16 heavy (non-hydrogen) atoms. The zero-order valence-corrected chi connectivity index (χ0v) is 8.14. The molecule has 88 valence electrons. The van der Waals surface area contributed by atoms with Gasteiger partial charge in [0.1, 0.15) is 6.54 Å². The van der Waals surface area contributed by atoms with Crippen molar-refractivity contribution < 1.29 is 18.0 Å². The van der Waals surface area contributed by atoms with Gasteiger partial charge in [-0.05, 0) is 12.1 Å². The van der Waals surface area contributed by atoms with Crippen molar-refractivity contribution in [1.29, 1.82) is 0 Å². The van der Waals surface area contributed by atoms with Crippen molar-refractivity contribution >= 4 is 11.6 Å². The minimum atomic E-state index is -4.43. The number of halogens is 3. The fraction of sp³-hybridized carbons (Fsp3) is 0.222. The highest BCUT2D eigenvalue weighted by molar-refractivity contribution is 5.99. The van der Waals surface area contributed by atoms with E-state index < -0.39 is 18.6 Å². The molecule has 0 aliphatic rings. The van der Waals surface area contributed by atoms with Crippen molar-refractivity contribution in [3.05, 3.63) is 29.8 Å². The first-order valence-corrected chi connectivity index (χ1v) is 4.34. The summed E-state index contributed by atoms with van der Waals surface area (Å²) in [4.78, 5) is 11.4. The second kappa shape index (κ2) is 4.84. The summed E-state index contributed by atoms with van der Waals surface area (Å²) in [6.45, 7) is -1.37. The molecule has 0 saturated carbocycles. The Bertz CT molecular complexity index is 379. The minimum absolute atomic E-state index is 0.0641. The number of amides is 1. The molecule has 0 saturated heterocycles. The first kappa shape index (κ1) is 12.3. The molecule has 0 spiro atoms. The Balaban J connectivity index is 2.73. The molecular formula is C9H10F3N3O. The number of hydrogen-bond donors (Lipinski definition) is 3. The van der Waals surface area contributed by atoms with Crippen LogP contribution in [-0.2, 0) is 0 Å². The SMILES string of the molecule is NNc1ccccc1C(=O)NCC(F)(F)F. The number of anilines is 1. The van der Waals surface area contributed by atoms with Crippen LogP contribution in [0.3, 0.4) is 0 Å². The maximum atomic E-state index is 11.9. The van der Waals surface area contributed by atoms with Gasteiger partial charge in [0.2, 0.25) is 0 Å².